The van der Waals surface area contributed by atoms with Crippen molar-refractivity contribution in [3.05, 3.63) is 34.6 Å². The number of nitrogens with one attached hydrogen (secondary N) is 1. The van der Waals surface area contributed by atoms with Crippen molar-refractivity contribution in [2.75, 3.05) is 19.3 Å². The van der Waals surface area contributed by atoms with Crippen LogP contribution in [-0.2, 0) is 0 Å². The highest BCUT2D eigenvalue weighted by molar-refractivity contribution is 6.32. The van der Waals surface area contributed by atoms with Crippen LogP contribution in [0.5, 0.6) is 0 Å². The van der Waals surface area contributed by atoms with Gasteiger partial charge in [-0.3, -0.25) is 0 Å². The van der Waals surface area contributed by atoms with Gasteiger partial charge in [-0.2, -0.15) is 0 Å². The Morgan fingerprint density at radius 2 is 2.27 bits per heavy atom. The van der Waals surface area contributed by atoms with Gasteiger partial charge in [-0.15, -0.1) is 0 Å². The summed E-state index contributed by atoms with van der Waals surface area (Å²) in [5.74, 6) is -0.437. The van der Waals surface area contributed by atoms with Crippen molar-refractivity contribution in [3.8, 4) is 0 Å². The molecular formula is C11H14ClFN2. The van der Waals surface area contributed by atoms with E-state index in [0.29, 0.717) is 10.6 Å². The van der Waals surface area contributed by atoms with E-state index in [1.807, 2.05) is 13.1 Å². The largest absolute Gasteiger partial charge is 0.396 e. The number of nitrogen functional groups attached to an aromatic ring is 1. The maximum absolute atomic E-state index is 13.1. The molecule has 4 heteroatoms. The molecule has 0 aliphatic rings. The van der Waals surface area contributed by atoms with Gasteiger partial charge in [0.15, 0.2) is 0 Å². The third-order valence-electron chi connectivity index (χ3n) is 1.97. The molecule has 2 nitrogen and oxygen atoms in total. The maximum atomic E-state index is 13.1. The maximum Gasteiger partial charge on any atom is 0.146 e. The molecule has 3 N–H and O–H groups in total. The summed E-state index contributed by atoms with van der Waals surface area (Å²) in [5.41, 5.74) is 6.10. The Hall–Kier alpha value is -1.06. The van der Waals surface area contributed by atoms with Crippen molar-refractivity contribution in [2.24, 2.45) is 0 Å². The lowest BCUT2D eigenvalue weighted by atomic mass is 10.1. The number of rotatable bonds is 4. The minimum absolute atomic E-state index is 0.0763. The van der Waals surface area contributed by atoms with Gasteiger partial charge in [0.2, 0.25) is 0 Å². The lowest BCUT2D eigenvalue weighted by molar-refractivity contribution is 0.632. The van der Waals surface area contributed by atoms with Gasteiger partial charge in [0.1, 0.15) is 5.82 Å². The normalized spacial score (nSPS) is 11.1. The summed E-state index contributed by atoms with van der Waals surface area (Å²) in [7, 11) is 1.88. The van der Waals surface area contributed by atoms with Crippen molar-refractivity contribution in [1.29, 1.82) is 0 Å². The van der Waals surface area contributed by atoms with Crippen LogP contribution < -0.4 is 11.1 Å². The summed E-state index contributed by atoms with van der Waals surface area (Å²) in [5, 5.41) is 3.48. The number of nitrogens with two attached hydrogens (primary N) is 1. The highest BCUT2D eigenvalue weighted by Gasteiger charge is 2.03. The quantitative estimate of drug-likeness (QED) is 0.614. The van der Waals surface area contributed by atoms with Gasteiger partial charge in [-0.05, 0) is 37.7 Å². The second-order valence-corrected chi connectivity index (χ2v) is 3.60. The Morgan fingerprint density at radius 1 is 1.53 bits per heavy atom. The van der Waals surface area contributed by atoms with Crippen molar-refractivity contribution in [3.63, 3.8) is 0 Å². The third kappa shape index (κ3) is 3.53. The van der Waals surface area contributed by atoms with Crippen LogP contribution in [0.3, 0.4) is 0 Å². The van der Waals surface area contributed by atoms with Gasteiger partial charge >= 0.3 is 0 Å². The molecule has 0 fully saturated rings. The molecule has 0 aromatic heterocycles. The van der Waals surface area contributed by atoms with E-state index in [0.717, 1.165) is 13.0 Å². The molecule has 82 valence electrons. The van der Waals surface area contributed by atoms with E-state index in [1.54, 1.807) is 6.08 Å². The van der Waals surface area contributed by atoms with Crippen molar-refractivity contribution in [1.82, 2.24) is 5.32 Å². The van der Waals surface area contributed by atoms with Crippen LogP contribution in [0.25, 0.3) is 6.08 Å². The average molecular weight is 229 g/mol. The van der Waals surface area contributed by atoms with E-state index in [1.165, 1.54) is 12.1 Å². The molecule has 15 heavy (non-hydrogen) atoms. The predicted octanol–water partition coefficient (Wildman–Crippen LogP) is 2.68. The number of benzene rings is 1. The van der Waals surface area contributed by atoms with Crippen LogP contribution in [-0.4, -0.2) is 13.6 Å². The summed E-state index contributed by atoms with van der Waals surface area (Å²) < 4.78 is 13.1. The molecule has 0 atom stereocenters. The van der Waals surface area contributed by atoms with Crippen LogP contribution >= 0.6 is 11.6 Å². The topological polar surface area (TPSA) is 38.0 Å². The van der Waals surface area contributed by atoms with Crippen LogP contribution in [0.4, 0.5) is 10.1 Å². The Morgan fingerprint density at radius 3 is 2.93 bits per heavy atom. The number of hydrogen-bond donors (Lipinski definition) is 2. The molecule has 0 saturated carbocycles. The summed E-state index contributed by atoms with van der Waals surface area (Å²) in [4.78, 5) is 0. The van der Waals surface area contributed by atoms with E-state index in [-0.39, 0.29) is 5.69 Å². The minimum atomic E-state index is -0.437. The van der Waals surface area contributed by atoms with Crippen LogP contribution in [0.1, 0.15) is 12.0 Å². The summed E-state index contributed by atoms with van der Waals surface area (Å²) in [6.07, 6.45) is 4.61. The number of hydrogen-bond acceptors (Lipinski definition) is 2. The van der Waals surface area contributed by atoms with Crippen molar-refractivity contribution in [2.45, 2.75) is 6.42 Å². The Balaban J connectivity index is 2.77. The van der Waals surface area contributed by atoms with Gasteiger partial charge < -0.3 is 11.1 Å². The third-order valence-corrected chi connectivity index (χ3v) is 2.30. The molecule has 0 saturated heterocycles. The fourth-order valence-corrected chi connectivity index (χ4v) is 1.38. The monoisotopic (exact) mass is 228 g/mol. The molecule has 0 heterocycles. The molecule has 0 aliphatic heterocycles. The summed E-state index contributed by atoms with van der Waals surface area (Å²) in [6, 6.07) is 2.77. The SMILES string of the molecule is CNCCC=Cc1cc(F)c(N)cc1Cl. The highest BCUT2D eigenvalue weighted by atomic mass is 35.5. The van der Waals surface area contributed by atoms with E-state index in [4.69, 9.17) is 17.3 Å². The number of halogens is 2. The molecule has 1 rings (SSSR count). The fraction of sp³-hybridized carbons (Fsp3) is 0.273. The average Bonchev–Trinajstić information content (AvgIpc) is 2.20. The van der Waals surface area contributed by atoms with Crippen molar-refractivity contribution >= 4 is 23.4 Å². The first-order chi connectivity index (χ1) is 7.15. The molecule has 0 radical (unpaired) electrons. The zero-order valence-electron chi connectivity index (χ0n) is 8.56. The molecule has 1 aromatic rings. The smallest absolute Gasteiger partial charge is 0.146 e. The first kappa shape index (κ1) is 12.0. The summed E-state index contributed by atoms with van der Waals surface area (Å²) in [6.45, 7) is 0.881. The molecule has 0 unspecified atom stereocenters. The van der Waals surface area contributed by atoms with Crippen LogP contribution in [0.2, 0.25) is 5.02 Å². The van der Waals surface area contributed by atoms with E-state index >= 15 is 0 Å². The van der Waals surface area contributed by atoms with Gasteiger partial charge in [0, 0.05) is 0 Å². The Labute approximate surface area is 93.9 Å². The molecule has 0 bridgehead atoms. The lowest BCUT2D eigenvalue weighted by Gasteiger charge is -2.01. The molecule has 0 aliphatic carbocycles. The van der Waals surface area contributed by atoms with Gasteiger partial charge in [-0.1, -0.05) is 23.8 Å². The van der Waals surface area contributed by atoms with Gasteiger partial charge in [0.05, 0.1) is 10.7 Å². The molecule has 0 spiro atoms. The second-order valence-electron chi connectivity index (χ2n) is 3.19. The Kier molecular flexibility index (Phi) is 4.59. The van der Waals surface area contributed by atoms with Crippen LogP contribution in [0.15, 0.2) is 18.2 Å². The zero-order chi connectivity index (χ0) is 11.3. The Bertz CT molecular complexity index is 364. The standard InChI is InChI=1S/C11H14ClFN2/c1-15-5-3-2-4-8-6-10(13)11(14)7-9(8)12/h2,4,6-7,15H,3,5,14H2,1H3. The first-order valence-electron chi connectivity index (χ1n) is 4.71. The van der Waals surface area contributed by atoms with E-state index < -0.39 is 5.82 Å². The van der Waals surface area contributed by atoms with Crippen molar-refractivity contribution < 1.29 is 4.39 Å². The predicted molar refractivity (Wildman–Crippen MR) is 63.4 cm³/mol. The highest BCUT2D eigenvalue weighted by Crippen LogP contribution is 2.23. The summed E-state index contributed by atoms with van der Waals surface area (Å²) >= 11 is 5.90. The fourth-order valence-electron chi connectivity index (χ4n) is 1.14. The van der Waals surface area contributed by atoms with E-state index in [9.17, 15) is 4.39 Å². The van der Waals surface area contributed by atoms with Gasteiger partial charge in [0.25, 0.3) is 0 Å². The molecular weight excluding hydrogens is 215 g/mol. The lowest BCUT2D eigenvalue weighted by Crippen LogP contribution is -2.05. The number of anilines is 1. The second kappa shape index (κ2) is 5.73. The van der Waals surface area contributed by atoms with Gasteiger partial charge in [-0.25, -0.2) is 4.39 Å². The first-order valence-corrected chi connectivity index (χ1v) is 5.08. The molecule has 1 aromatic carbocycles. The minimum Gasteiger partial charge on any atom is -0.396 e. The molecule has 0 amide bonds. The van der Waals surface area contributed by atoms with E-state index in [2.05, 4.69) is 5.32 Å². The van der Waals surface area contributed by atoms with Crippen LogP contribution in [0, 0.1) is 5.82 Å². The zero-order valence-corrected chi connectivity index (χ0v) is 9.31.